The summed E-state index contributed by atoms with van der Waals surface area (Å²) in [6.07, 6.45) is 6.77. The van der Waals surface area contributed by atoms with E-state index < -0.39 is 0 Å². The molecule has 0 amide bonds. The molecule has 0 spiro atoms. The molecule has 1 unspecified atom stereocenters. The first-order valence-electron chi connectivity index (χ1n) is 7.84. The molecular weight excluding hydrogens is 250 g/mol. The Kier molecular flexibility index (Phi) is 8.35. The van der Waals surface area contributed by atoms with Crippen LogP contribution in [0.15, 0.2) is 16.6 Å². The number of aliphatic imine (C=N–C) groups is 1. The summed E-state index contributed by atoms with van der Waals surface area (Å²) in [5.41, 5.74) is 1.49. The molecule has 4 nitrogen and oxygen atoms in total. The molecule has 0 aromatic carbocycles. The summed E-state index contributed by atoms with van der Waals surface area (Å²) in [5.74, 6) is 1.67. The number of hydrogen-bond donors (Lipinski definition) is 2. The maximum Gasteiger partial charge on any atom is 0.191 e. The van der Waals surface area contributed by atoms with Crippen molar-refractivity contribution in [2.24, 2.45) is 10.9 Å². The minimum absolute atomic E-state index is 0.464. The molecule has 4 heteroatoms. The summed E-state index contributed by atoms with van der Waals surface area (Å²) < 4.78 is 5.31. The molecule has 0 aliphatic carbocycles. The van der Waals surface area contributed by atoms with Gasteiger partial charge in [0, 0.05) is 19.6 Å². The maximum absolute atomic E-state index is 5.31. The van der Waals surface area contributed by atoms with Crippen molar-refractivity contribution in [1.82, 2.24) is 10.6 Å². The molecule has 0 radical (unpaired) electrons. The second-order valence-electron chi connectivity index (χ2n) is 5.95. The third-order valence-electron chi connectivity index (χ3n) is 3.58. The third-order valence-corrected chi connectivity index (χ3v) is 3.58. The van der Waals surface area contributed by atoms with Crippen molar-refractivity contribution in [3.05, 3.63) is 11.6 Å². The Morgan fingerprint density at radius 2 is 2.15 bits per heavy atom. The Labute approximate surface area is 124 Å². The molecule has 0 saturated heterocycles. The molecule has 1 rings (SSSR count). The van der Waals surface area contributed by atoms with Gasteiger partial charge in [-0.3, -0.25) is 4.99 Å². The quantitative estimate of drug-likeness (QED) is 0.428. The Morgan fingerprint density at radius 1 is 1.35 bits per heavy atom. The van der Waals surface area contributed by atoms with E-state index in [0.717, 1.165) is 44.5 Å². The van der Waals surface area contributed by atoms with E-state index in [-0.39, 0.29) is 0 Å². The van der Waals surface area contributed by atoms with E-state index in [4.69, 9.17) is 4.74 Å². The van der Waals surface area contributed by atoms with Gasteiger partial charge in [0.25, 0.3) is 0 Å². The number of ether oxygens (including phenoxy) is 1. The number of rotatable bonds is 7. The standard InChI is InChI=1S/C16H31N3O/c1-13(2)5-6-14(3)19-16(17-4)18-10-7-15-8-11-20-12-9-15/h8,13-14H,5-7,9-12H2,1-4H3,(H2,17,18,19). The fourth-order valence-corrected chi connectivity index (χ4v) is 2.22. The number of guanidine groups is 1. The molecule has 0 bridgehead atoms. The van der Waals surface area contributed by atoms with Crippen molar-refractivity contribution in [2.75, 3.05) is 26.8 Å². The van der Waals surface area contributed by atoms with Crippen molar-refractivity contribution in [2.45, 2.75) is 52.5 Å². The van der Waals surface area contributed by atoms with Crippen LogP contribution in [0.2, 0.25) is 0 Å². The average Bonchev–Trinajstić information content (AvgIpc) is 2.45. The van der Waals surface area contributed by atoms with Gasteiger partial charge in [0.05, 0.1) is 13.2 Å². The molecular formula is C16H31N3O. The summed E-state index contributed by atoms with van der Waals surface area (Å²) in [4.78, 5) is 4.29. The van der Waals surface area contributed by atoms with Crippen molar-refractivity contribution < 1.29 is 4.74 Å². The highest BCUT2D eigenvalue weighted by Crippen LogP contribution is 2.10. The van der Waals surface area contributed by atoms with E-state index >= 15 is 0 Å². The number of nitrogens with one attached hydrogen (secondary N) is 2. The number of nitrogens with zero attached hydrogens (tertiary/aromatic N) is 1. The lowest BCUT2D eigenvalue weighted by atomic mass is 10.0. The highest BCUT2D eigenvalue weighted by atomic mass is 16.5. The van der Waals surface area contributed by atoms with E-state index in [1.807, 2.05) is 7.05 Å². The molecule has 1 atom stereocenters. The maximum atomic E-state index is 5.31. The zero-order valence-electron chi connectivity index (χ0n) is 13.5. The van der Waals surface area contributed by atoms with E-state index in [2.05, 4.69) is 42.5 Å². The highest BCUT2D eigenvalue weighted by molar-refractivity contribution is 5.79. The zero-order chi connectivity index (χ0) is 14.8. The van der Waals surface area contributed by atoms with Crippen LogP contribution in [-0.4, -0.2) is 38.8 Å². The van der Waals surface area contributed by atoms with Crippen molar-refractivity contribution in [3.63, 3.8) is 0 Å². The first-order valence-corrected chi connectivity index (χ1v) is 7.84. The smallest absolute Gasteiger partial charge is 0.191 e. The minimum atomic E-state index is 0.464. The molecule has 1 aliphatic rings. The molecule has 0 saturated carbocycles. The lowest BCUT2D eigenvalue weighted by molar-refractivity contribution is 0.153. The largest absolute Gasteiger partial charge is 0.377 e. The van der Waals surface area contributed by atoms with Gasteiger partial charge in [-0.05, 0) is 38.5 Å². The van der Waals surface area contributed by atoms with Gasteiger partial charge in [-0.15, -0.1) is 0 Å². The van der Waals surface area contributed by atoms with Crippen molar-refractivity contribution >= 4 is 5.96 Å². The Morgan fingerprint density at radius 3 is 2.75 bits per heavy atom. The van der Waals surface area contributed by atoms with Gasteiger partial charge in [-0.1, -0.05) is 25.5 Å². The van der Waals surface area contributed by atoms with Crippen LogP contribution in [0.25, 0.3) is 0 Å². The average molecular weight is 281 g/mol. The SMILES string of the molecule is CN=C(NCCC1=CCOCC1)NC(C)CCC(C)C. The summed E-state index contributed by atoms with van der Waals surface area (Å²) in [6.45, 7) is 9.32. The zero-order valence-corrected chi connectivity index (χ0v) is 13.5. The van der Waals surface area contributed by atoms with Crippen LogP contribution in [-0.2, 0) is 4.74 Å². The van der Waals surface area contributed by atoms with Gasteiger partial charge in [-0.2, -0.15) is 0 Å². The minimum Gasteiger partial charge on any atom is -0.377 e. The topological polar surface area (TPSA) is 45.7 Å². The van der Waals surface area contributed by atoms with Crippen LogP contribution in [0.4, 0.5) is 0 Å². The lowest BCUT2D eigenvalue weighted by Crippen LogP contribution is -2.42. The first kappa shape index (κ1) is 17.0. The van der Waals surface area contributed by atoms with E-state index in [0.29, 0.717) is 6.04 Å². The molecule has 2 N–H and O–H groups in total. The van der Waals surface area contributed by atoms with Crippen LogP contribution in [0, 0.1) is 5.92 Å². The lowest BCUT2D eigenvalue weighted by Gasteiger charge is -2.19. The molecule has 0 aromatic heterocycles. The second kappa shape index (κ2) is 9.81. The van der Waals surface area contributed by atoms with Crippen LogP contribution < -0.4 is 10.6 Å². The predicted octanol–water partition coefficient (Wildman–Crippen LogP) is 2.71. The van der Waals surface area contributed by atoms with E-state index in [1.165, 1.54) is 18.4 Å². The molecule has 1 aliphatic heterocycles. The fourth-order valence-electron chi connectivity index (χ4n) is 2.22. The Hall–Kier alpha value is -1.03. The molecule has 116 valence electrons. The monoisotopic (exact) mass is 281 g/mol. The summed E-state index contributed by atoms with van der Waals surface area (Å²) in [5, 5.41) is 6.85. The highest BCUT2D eigenvalue weighted by Gasteiger charge is 2.07. The number of hydrogen-bond acceptors (Lipinski definition) is 2. The van der Waals surface area contributed by atoms with Crippen molar-refractivity contribution in [3.8, 4) is 0 Å². The summed E-state index contributed by atoms with van der Waals surface area (Å²) in [7, 11) is 1.83. The van der Waals surface area contributed by atoms with Crippen LogP contribution in [0.5, 0.6) is 0 Å². The molecule has 0 aromatic rings. The van der Waals surface area contributed by atoms with Gasteiger partial charge in [0.2, 0.25) is 0 Å². The Bertz CT molecular complexity index is 324. The van der Waals surface area contributed by atoms with Crippen LogP contribution >= 0.6 is 0 Å². The predicted molar refractivity (Wildman–Crippen MR) is 86.2 cm³/mol. The van der Waals surface area contributed by atoms with Gasteiger partial charge < -0.3 is 15.4 Å². The fraction of sp³-hybridized carbons (Fsp3) is 0.812. The molecule has 0 fully saturated rings. The van der Waals surface area contributed by atoms with Gasteiger partial charge in [0.15, 0.2) is 5.96 Å². The van der Waals surface area contributed by atoms with E-state index in [1.54, 1.807) is 0 Å². The first-order chi connectivity index (χ1) is 9.61. The Balaban J connectivity index is 2.20. The third kappa shape index (κ3) is 7.53. The normalized spacial score (nSPS) is 17.9. The van der Waals surface area contributed by atoms with Crippen molar-refractivity contribution in [1.29, 1.82) is 0 Å². The van der Waals surface area contributed by atoms with Crippen LogP contribution in [0.1, 0.15) is 46.5 Å². The second-order valence-corrected chi connectivity index (χ2v) is 5.95. The molecule has 20 heavy (non-hydrogen) atoms. The van der Waals surface area contributed by atoms with Gasteiger partial charge in [-0.25, -0.2) is 0 Å². The summed E-state index contributed by atoms with van der Waals surface area (Å²) in [6, 6.07) is 0.464. The van der Waals surface area contributed by atoms with Gasteiger partial charge in [0.1, 0.15) is 0 Å². The van der Waals surface area contributed by atoms with Gasteiger partial charge >= 0.3 is 0 Å². The molecule has 1 heterocycles. The summed E-state index contributed by atoms with van der Waals surface area (Å²) >= 11 is 0. The van der Waals surface area contributed by atoms with Crippen LogP contribution in [0.3, 0.4) is 0 Å². The van der Waals surface area contributed by atoms with E-state index in [9.17, 15) is 0 Å².